The third kappa shape index (κ3) is 4.56. The fourth-order valence-corrected chi connectivity index (χ4v) is 4.48. The number of esters is 1. The van der Waals surface area contributed by atoms with Gasteiger partial charge in [-0.1, -0.05) is 23.4 Å². The number of hydrogen-bond acceptors (Lipinski definition) is 7. The molecule has 1 fully saturated rings. The predicted octanol–water partition coefficient (Wildman–Crippen LogP) is 6.04. The summed E-state index contributed by atoms with van der Waals surface area (Å²) < 4.78 is 81.1. The monoisotopic (exact) mass is 555 g/mol. The zero-order chi connectivity index (χ0) is 28.2. The smallest absolute Gasteiger partial charge is 0.417 e. The maximum Gasteiger partial charge on any atom is 0.417 e. The molecule has 204 valence electrons. The number of alkyl halides is 3. The van der Waals surface area contributed by atoms with Gasteiger partial charge in [0.15, 0.2) is 23.2 Å². The number of halogens is 5. The van der Waals surface area contributed by atoms with E-state index in [1.165, 1.54) is 36.7 Å². The van der Waals surface area contributed by atoms with Crippen LogP contribution < -0.4 is 0 Å². The van der Waals surface area contributed by atoms with Crippen LogP contribution in [0.1, 0.15) is 41.7 Å². The van der Waals surface area contributed by atoms with Gasteiger partial charge in [0, 0.05) is 11.6 Å². The van der Waals surface area contributed by atoms with Gasteiger partial charge in [-0.15, -0.1) is 0 Å². The van der Waals surface area contributed by atoms with Crippen molar-refractivity contribution in [3.05, 3.63) is 83.4 Å². The van der Waals surface area contributed by atoms with E-state index in [1.54, 1.807) is 6.07 Å². The molecule has 1 unspecified atom stereocenters. The second-order valence-electron chi connectivity index (χ2n) is 9.29. The highest BCUT2D eigenvalue weighted by Crippen LogP contribution is 2.44. The fraction of sp³-hybridized carbons (Fsp3) is 0.222. The average molecular weight is 555 g/mol. The van der Waals surface area contributed by atoms with Crippen LogP contribution in [-0.2, 0) is 15.7 Å². The number of carbonyl (C=O) groups excluding carboxylic acids is 1. The molecule has 2 aliphatic heterocycles. The van der Waals surface area contributed by atoms with Gasteiger partial charge < -0.3 is 9.26 Å². The molecule has 0 spiro atoms. The summed E-state index contributed by atoms with van der Waals surface area (Å²) in [6.07, 6.45) is -0.413. The standard InChI is InChI=1S/C27H18F5N5O3/c1-39-26(38)24(37-12-21-20(11-33-37)34-25(35-21)16-3-2-4-18(28)23(16)29)22-10-19(36-40-22)15-8-7-14(13-5-6-13)9-17(15)27(30,31)32/h2-4,7-13,24H,5-6H2,1H3. The molecule has 3 heterocycles. The molecule has 1 saturated carbocycles. The van der Waals surface area contributed by atoms with Crippen molar-refractivity contribution in [1.29, 1.82) is 0 Å². The number of hydrogen-bond donors (Lipinski definition) is 0. The number of imidazole rings is 1. The van der Waals surface area contributed by atoms with Gasteiger partial charge >= 0.3 is 12.1 Å². The molecule has 0 radical (unpaired) electrons. The molecular formula is C27H18F5N5O3. The minimum absolute atomic E-state index is 0.0996. The van der Waals surface area contributed by atoms with Crippen LogP contribution in [0, 0.1) is 11.6 Å². The molecule has 1 atom stereocenters. The lowest BCUT2D eigenvalue weighted by molar-refractivity contribution is -0.144. The molecule has 0 amide bonds. The number of nitrogens with zero attached hydrogens (tertiary/aromatic N) is 5. The highest BCUT2D eigenvalue weighted by Gasteiger charge is 2.37. The molecule has 1 aromatic heterocycles. The Morgan fingerprint density at radius 3 is 2.55 bits per heavy atom. The van der Waals surface area contributed by atoms with E-state index in [1.807, 2.05) is 0 Å². The molecule has 0 saturated heterocycles. The third-order valence-corrected chi connectivity index (χ3v) is 6.64. The molecule has 3 aromatic rings. The van der Waals surface area contributed by atoms with Gasteiger partial charge in [-0.3, -0.25) is 0 Å². The summed E-state index contributed by atoms with van der Waals surface area (Å²) in [7, 11) is 1.12. The van der Waals surface area contributed by atoms with Crippen LogP contribution in [0.4, 0.5) is 22.0 Å². The van der Waals surface area contributed by atoms with E-state index in [-0.39, 0.29) is 45.7 Å². The summed E-state index contributed by atoms with van der Waals surface area (Å²) in [4.78, 5) is 21.2. The summed E-state index contributed by atoms with van der Waals surface area (Å²) in [6, 6.07) is 7.51. The third-order valence-electron chi connectivity index (χ3n) is 6.64. The van der Waals surface area contributed by atoms with Crippen molar-refractivity contribution in [3.63, 3.8) is 0 Å². The molecule has 40 heavy (non-hydrogen) atoms. The number of carbonyl (C=O) groups is 1. The van der Waals surface area contributed by atoms with E-state index >= 15 is 0 Å². The van der Waals surface area contributed by atoms with Crippen molar-refractivity contribution in [3.8, 4) is 34.0 Å². The molecule has 2 aromatic carbocycles. The molecular weight excluding hydrogens is 537 g/mol. The van der Waals surface area contributed by atoms with Gasteiger partial charge in [0.05, 0.1) is 30.6 Å². The summed E-state index contributed by atoms with van der Waals surface area (Å²) in [5.74, 6) is -3.17. The largest absolute Gasteiger partial charge is 0.467 e. The van der Waals surface area contributed by atoms with Gasteiger partial charge in [0.1, 0.15) is 17.1 Å². The van der Waals surface area contributed by atoms with Gasteiger partial charge in [-0.2, -0.15) is 18.3 Å². The lowest BCUT2D eigenvalue weighted by Crippen LogP contribution is -2.23. The van der Waals surface area contributed by atoms with Crippen molar-refractivity contribution >= 4 is 5.97 Å². The average Bonchev–Trinajstić information content (AvgIpc) is 3.52. The number of ether oxygens (including phenoxy) is 1. The number of methoxy groups -OCH3 is 1. The molecule has 3 aliphatic rings. The minimum atomic E-state index is -4.64. The van der Waals surface area contributed by atoms with Crippen LogP contribution in [0.3, 0.4) is 0 Å². The molecule has 1 aliphatic carbocycles. The first kappa shape index (κ1) is 25.6. The zero-order valence-electron chi connectivity index (χ0n) is 20.6. The van der Waals surface area contributed by atoms with Gasteiger partial charge in [-0.25, -0.2) is 28.2 Å². The molecule has 0 bridgehead atoms. The SMILES string of the molecule is COC(=O)C(c1cc(-c2ccc(C3CC3)cc2C(F)(F)F)no1)n1cc2nc(-c3cccc(F)c3F)nc-2cn1. The predicted molar refractivity (Wildman–Crippen MR) is 129 cm³/mol. The van der Waals surface area contributed by atoms with Gasteiger partial charge in [-0.05, 0) is 42.5 Å². The van der Waals surface area contributed by atoms with E-state index < -0.39 is 35.4 Å². The van der Waals surface area contributed by atoms with Gasteiger partial charge in [0.25, 0.3) is 0 Å². The second-order valence-corrected chi connectivity index (χ2v) is 9.29. The van der Waals surface area contributed by atoms with Crippen molar-refractivity contribution in [2.24, 2.45) is 0 Å². The second kappa shape index (κ2) is 9.50. The maximum atomic E-state index is 14.3. The van der Waals surface area contributed by atoms with E-state index in [9.17, 15) is 26.7 Å². The zero-order valence-corrected chi connectivity index (χ0v) is 20.6. The summed E-state index contributed by atoms with van der Waals surface area (Å²) in [5, 5.41) is 7.96. The minimum Gasteiger partial charge on any atom is -0.467 e. The molecule has 6 rings (SSSR count). The van der Waals surface area contributed by atoms with Crippen molar-refractivity contribution < 1.29 is 36.0 Å². The highest BCUT2D eigenvalue weighted by atomic mass is 19.4. The number of fused-ring (bicyclic) bond motifs is 1. The van der Waals surface area contributed by atoms with Crippen LogP contribution in [0.2, 0.25) is 0 Å². The summed E-state index contributed by atoms with van der Waals surface area (Å²) >= 11 is 0. The fourth-order valence-electron chi connectivity index (χ4n) is 4.48. The summed E-state index contributed by atoms with van der Waals surface area (Å²) in [6.45, 7) is 0. The lowest BCUT2D eigenvalue weighted by atomic mass is 9.98. The molecule has 13 heteroatoms. The Morgan fingerprint density at radius 1 is 1.05 bits per heavy atom. The Bertz CT molecular complexity index is 1710. The maximum absolute atomic E-state index is 14.3. The van der Waals surface area contributed by atoms with E-state index in [4.69, 9.17) is 9.26 Å². The molecule has 0 N–H and O–H groups in total. The van der Waals surface area contributed by atoms with Gasteiger partial charge in [0.2, 0.25) is 6.04 Å². The van der Waals surface area contributed by atoms with Crippen LogP contribution in [-0.4, -0.2) is 38.0 Å². The number of rotatable bonds is 6. The van der Waals surface area contributed by atoms with Crippen LogP contribution in [0.5, 0.6) is 0 Å². The summed E-state index contributed by atoms with van der Waals surface area (Å²) in [5.41, 5.74) is -0.346. The Hall–Kier alpha value is -4.68. The van der Waals surface area contributed by atoms with E-state index in [0.717, 1.165) is 36.8 Å². The number of aromatic nitrogens is 5. The van der Waals surface area contributed by atoms with Crippen molar-refractivity contribution in [1.82, 2.24) is 24.9 Å². The van der Waals surface area contributed by atoms with E-state index in [2.05, 4.69) is 20.2 Å². The Labute approximate surface area is 222 Å². The number of benzene rings is 2. The van der Waals surface area contributed by atoms with Crippen molar-refractivity contribution in [2.45, 2.75) is 31.0 Å². The topological polar surface area (TPSA) is 95.9 Å². The first-order valence-corrected chi connectivity index (χ1v) is 12.1. The Morgan fingerprint density at radius 2 is 1.82 bits per heavy atom. The first-order chi connectivity index (χ1) is 19.1. The first-order valence-electron chi connectivity index (χ1n) is 12.1. The highest BCUT2D eigenvalue weighted by molar-refractivity contribution is 5.78. The quantitative estimate of drug-likeness (QED) is 0.186. The Balaban J connectivity index is 1.39. The van der Waals surface area contributed by atoms with Crippen LogP contribution in [0.25, 0.3) is 34.0 Å². The normalized spacial score (nSPS) is 14.4. The molecule has 8 nitrogen and oxygen atoms in total. The van der Waals surface area contributed by atoms with Crippen LogP contribution >= 0.6 is 0 Å². The lowest BCUT2D eigenvalue weighted by Gasteiger charge is -2.15. The van der Waals surface area contributed by atoms with Crippen LogP contribution in [0.15, 0.2) is 59.4 Å². The van der Waals surface area contributed by atoms with Crippen molar-refractivity contribution in [2.75, 3.05) is 7.11 Å². The Kier molecular flexibility index (Phi) is 6.08. The van der Waals surface area contributed by atoms with E-state index in [0.29, 0.717) is 5.56 Å².